The fraction of sp³-hybridized carbons (Fsp3) is 0.533. The topological polar surface area (TPSA) is 84.5 Å². The van der Waals surface area contributed by atoms with E-state index in [1.54, 1.807) is 18.2 Å². The minimum Gasteiger partial charge on any atom is -0.495 e. The Morgan fingerprint density at radius 1 is 1.23 bits per heavy atom. The summed E-state index contributed by atoms with van der Waals surface area (Å²) >= 11 is 0. The van der Waals surface area contributed by atoms with Gasteiger partial charge in [-0.2, -0.15) is 0 Å². The maximum Gasteiger partial charge on any atom is 0.229 e. The quantitative estimate of drug-likeness (QED) is 0.871. The molecule has 0 aromatic heterocycles. The molecule has 0 radical (unpaired) electrons. The van der Waals surface area contributed by atoms with Crippen LogP contribution in [-0.4, -0.2) is 27.7 Å². The number of methoxy groups -OCH3 is 1. The molecule has 1 saturated carbocycles. The van der Waals surface area contributed by atoms with Gasteiger partial charge in [0.25, 0.3) is 0 Å². The van der Waals surface area contributed by atoms with Crippen LogP contribution in [0.25, 0.3) is 0 Å². The first-order chi connectivity index (χ1) is 10.4. The highest BCUT2D eigenvalue weighted by molar-refractivity contribution is 7.92. The molecular weight excluding hydrogens is 304 g/mol. The number of amides is 1. The average molecular weight is 326 g/mol. The van der Waals surface area contributed by atoms with E-state index in [1.165, 1.54) is 13.5 Å². The van der Waals surface area contributed by atoms with Crippen LogP contribution in [0.15, 0.2) is 18.2 Å². The minimum atomic E-state index is -3.42. The second-order valence-corrected chi connectivity index (χ2v) is 7.36. The maximum atomic E-state index is 12.2. The van der Waals surface area contributed by atoms with Crippen molar-refractivity contribution in [2.75, 3.05) is 23.4 Å². The summed E-state index contributed by atoms with van der Waals surface area (Å²) in [6, 6.07) is 4.90. The molecule has 1 fully saturated rings. The molecule has 0 bridgehead atoms. The number of hydrogen-bond acceptors (Lipinski definition) is 4. The lowest BCUT2D eigenvalue weighted by atomic mass is 9.88. The van der Waals surface area contributed by atoms with Crippen molar-refractivity contribution in [1.29, 1.82) is 0 Å². The number of anilines is 2. The van der Waals surface area contributed by atoms with E-state index in [4.69, 9.17) is 4.74 Å². The van der Waals surface area contributed by atoms with Crippen LogP contribution in [0, 0.1) is 5.92 Å². The summed E-state index contributed by atoms with van der Waals surface area (Å²) in [4.78, 5) is 12.2. The van der Waals surface area contributed by atoms with Gasteiger partial charge in [-0.25, -0.2) is 8.42 Å². The fourth-order valence-corrected chi connectivity index (χ4v) is 3.23. The van der Waals surface area contributed by atoms with E-state index in [0.29, 0.717) is 17.1 Å². The molecule has 1 aromatic carbocycles. The molecule has 1 amide bonds. The SMILES string of the molecule is COc1ccc(NC(=O)C2CCCCC2)cc1NS(C)(=O)=O. The summed E-state index contributed by atoms with van der Waals surface area (Å²) < 4.78 is 30.3. The summed E-state index contributed by atoms with van der Waals surface area (Å²) in [6.45, 7) is 0. The number of nitrogens with one attached hydrogen (secondary N) is 2. The van der Waals surface area contributed by atoms with Gasteiger partial charge in [0.15, 0.2) is 0 Å². The van der Waals surface area contributed by atoms with Crippen molar-refractivity contribution < 1.29 is 17.9 Å². The molecule has 1 aliphatic carbocycles. The van der Waals surface area contributed by atoms with Crippen LogP contribution in [0.5, 0.6) is 5.75 Å². The van der Waals surface area contributed by atoms with Gasteiger partial charge < -0.3 is 10.1 Å². The number of carbonyl (C=O) groups excluding carboxylic acids is 1. The van der Waals surface area contributed by atoms with Crippen LogP contribution in [0.1, 0.15) is 32.1 Å². The number of hydrogen-bond donors (Lipinski definition) is 2. The molecule has 0 atom stereocenters. The zero-order chi connectivity index (χ0) is 16.2. The van der Waals surface area contributed by atoms with Crippen molar-refractivity contribution in [3.05, 3.63) is 18.2 Å². The molecule has 0 spiro atoms. The Balaban J connectivity index is 2.14. The highest BCUT2D eigenvalue weighted by Gasteiger charge is 2.21. The van der Waals surface area contributed by atoms with Gasteiger partial charge in [0.05, 0.1) is 19.1 Å². The molecule has 0 aliphatic heterocycles. The highest BCUT2D eigenvalue weighted by atomic mass is 32.2. The molecule has 22 heavy (non-hydrogen) atoms. The van der Waals surface area contributed by atoms with Crippen molar-refractivity contribution in [3.63, 3.8) is 0 Å². The first-order valence-electron chi connectivity index (χ1n) is 7.36. The summed E-state index contributed by atoms with van der Waals surface area (Å²) in [5, 5.41) is 2.86. The van der Waals surface area contributed by atoms with Crippen LogP contribution in [0.2, 0.25) is 0 Å². The van der Waals surface area contributed by atoms with Crippen molar-refractivity contribution >= 4 is 27.3 Å². The lowest BCUT2D eigenvalue weighted by Gasteiger charge is -2.21. The molecule has 0 heterocycles. The summed E-state index contributed by atoms with van der Waals surface area (Å²) in [6.07, 6.45) is 6.25. The van der Waals surface area contributed by atoms with E-state index in [1.807, 2.05) is 0 Å². The average Bonchev–Trinajstić information content (AvgIpc) is 2.47. The molecule has 0 saturated heterocycles. The van der Waals surface area contributed by atoms with E-state index in [0.717, 1.165) is 31.9 Å². The Bertz CT molecular complexity index is 637. The molecule has 0 unspecified atom stereocenters. The van der Waals surface area contributed by atoms with E-state index < -0.39 is 10.0 Å². The largest absolute Gasteiger partial charge is 0.495 e. The molecular formula is C15H22N2O4S. The predicted octanol–water partition coefficient (Wildman–Crippen LogP) is 2.59. The van der Waals surface area contributed by atoms with Crippen LogP contribution < -0.4 is 14.8 Å². The number of benzene rings is 1. The normalized spacial score (nSPS) is 16.1. The van der Waals surface area contributed by atoms with E-state index in [9.17, 15) is 13.2 Å². The Morgan fingerprint density at radius 2 is 1.91 bits per heavy atom. The fourth-order valence-electron chi connectivity index (χ4n) is 2.67. The van der Waals surface area contributed by atoms with E-state index in [-0.39, 0.29) is 11.8 Å². The Morgan fingerprint density at radius 3 is 2.50 bits per heavy atom. The van der Waals surface area contributed by atoms with Crippen LogP contribution in [-0.2, 0) is 14.8 Å². The molecule has 2 N–H and O–H groups in total. The highest BCUT2D eigenvalue weighted by Crippen LogP contribution is 2.30. The molecule has 122 valence electrons. The lowest BCUT2D eigenvalue weighted by molar-refractivity contribution is -0.120. The second kappa shape index (κ2) is 7.00. The molecule has 7 heteroatoms. The van der Waals surface area contributed by atoms with Gasteiger partial charge in [-0.05, 0) is 31.0 Å². The summed E-state index contributed by atoms with van der Waals surface area (Å²) in [5.41, 5.74) is 0.869. The molecule has 1 aromatic rings. The third kappa shape index (κ3) is 4.62. The van der Waals surface area contributed by atoms with Gasteiger partial charge in [0, 0.05) is 11.6 Å². The first kappa shape index (κ1) is 16.6. The van der Waals surface area contributed by atoms with Gasteiger partial charge in [-0.15, -0.1) is 0 Å². The van der Waals surface area contributed by atoms with Gasteiger partial charge in [0.2, 0.25) is 15.9 Å². The predicted molar refractivity (Wildman–Crippen MR) is 86.7 cm³/mol. The second-order valence-electron chi connectivity index (χ2n) is 5.61. The molecule has 1 aliphatic rings. The van der Waals surface area contributed by atoms with Gasteiger partial charge in [-0.1, -0.05) is 19.3 Å². The summed E-state index contributed by atoms with van der Waals surface area (Å²) in [5.74, 6) is 0.443. The van der Waals surface area contributed by atoms with Crippen LogP contribution in [0.4, 0.5) is 11.4 Å². The van der Waals surface area contributed by atoms with E-state index in [2.05, 4.69) is 10.0 Å². The van der Waals surface area contributed by atoms with Gasteiger partial charge in [0.1, 0.15) is 5.75 Å². The van der Waals surface area contributed by atoms with E-state index >= 15 is 0 Å². The van der Waals surface area contributed by atoms with Crippen molar-refractivity contribution in [2.45, 2.75) is 32.1 Å². The number of sulfonamides is 1. The zero-order valence-electron chi connectivity index (χ0n) is 12.9. The zero-order valence-corrected chi connectivity index (χ0v) is 13.7. The van der Waals surface area contributed by atoms with Crippen molar-refractivity contribution in [2.24, 2.45) is 5.92 Å². The summed E-state index contributed by atoms with van der Waals surface area (Å²) in [7, 11) is -1.96. The Labute approximate surface area is 131 Å². The smallest absolute Gasteiger partial charge is 0.229 e. The van der Waals surface area contributed by atoms with Crippen molar-refractivity contribution in [1.82, 2.24) is 0 Å². The van der Waals surface area contributed by atoms with Gasteiger partial charge in [-0.3, -0.25) is 9.52 Å². The minimum absolute atomic E-state index is 0.00447. The molecule has 6 nitrogen and oxygen atoms in total. The third-order valence-electron chi connectivity index (χ3n) is 3.74. The standard InChI is InChI=1S/C15H22N2O4S/c1-21-14-9-8-12(10-13(14)17-22(2,19)20)16-15(18)11-6-4-3-5-7-11/h8-11,17H,3-7H2,1-2H3,(H,16,18). The van der Waals surface area contributed by atoms with Crippen LogP contribution >= 0.6 is 0 Å². The van der Waals surface area contributed by atoms with Crippen molar-refractivity contribution in [3.8, 4) is 5.75 Å². The maximum absolute atomic E-state index is 12.2. The number of ether oxygens (including phenoxy) is 1. The number of carbonyl (C=O) groups is 1. The monoisotopic (exact) mass is 326 g/mol. The number of rotatable bonds is 5. The Kier molecular flexibility index (Phi) is 5.28. The first-order valence-corrected chi connectivity index (χ1v) is 9.25. The van der Waals surface area contributed by atoms with Gasteiger partial charge >= 0.3 is 0 Å². The third-order valence-corrected chi connectivity index (χ3v) is 4.33. The Hall–Kier alpha value is -1.76. The lowest BCUT2D eigenvalue weighted by Crippen LogP contribution is -2.24. The molecule has 2 rings (SSSR count). The van der Waals surface area contributed by atoms with Crippen LogP contribution in [0.3, 0.4) is 0 Å².